The quantitative estimate of drug-likeness (QED) is 0.351. The third-order valence-electron chi connectivity index (χ3n) is 10.7. The molecule has 2 aromatic carbocycles. The number of aromatic hydroxyl groups is 1. The van der Waals surface area contributed by atoms with Gasteiger partial charge in [0.15, 0.2) is 28.8 Å². The van der Waals surface area contributed by atoms with Crippen molar-refractivity contribution >= 4 is 29.1 Å². The van der Waals surface area contributed by atoms with Crippen molar-refractivity contribution in [3.05, 3.63) is 86.0 Å². The van der Waals surface area contributed by atoms with Crippen LogP contribution in [0.1, 0.15) is 59.6 Å². The molecule has 0 saturated carbocycles. The Hall–Kier alpha value is -4.97. The Morgan fingerprint density at radius 1 is 1.00 bits per heavy atom. The minimum absolute atomic E-state index is 0.00135. The molecule has 5 atom stereocenters. The SMILES string of the molecule is COc1cc(C(CC(=O)N2C[C@H]3C[C@@H](C2)c2cccc(=O)n2C3)C2=C(O)[C@@]3(Oc4c(Cl)c(OC)cc(OC)c4C3=O)[C@H](C)CC2=O)ccc1O. The number of allylic oxidation sites excluding steroid dienone is 1. The normalized spacial score (nSPS) is 24.4. The van der Waals surface area contributed by atoms with E-state index in [9.17, 15) is 29.4 Å². The van der Waals surface area contributed by atoms with Crippen LogP contribution in [0.4, 0.5) is 0 Å². The zero-order valence-electron chi connectivity index (χ0n) is 28.0. The highest BCUT2D eigenvalue weighted by Crippen LogP contribution is 2.56. The summed E-state index contributed by atoms with van der Waals surface area (Å²) in [7, 11) is 4.15. The molecule has 4 aliphatic rings. The van der Waals surface area contributed by atoms with Crippen LogP contribution in [-0.4, -0.2) is 77.2 Å². The topological polar surface area (TPSA) is 154 Å². The van der Waals surface area contributed by atoms with Crippen LogP contribution in [0.2, 0.25) is 5.02 Å². The summed E-state index contributed by atoms with van der Waals surface area (Å²) < 4.78 is 24.4. The number of nitrogens with zero attached hydrogens (tertiary/aromatic N) is 2. The number of fused-ring (bicyclic) bond motifs is 5. The molecule has 2 N–H and O–H groups in total. The molecule has 1 amide bonds. The first-order valence-corrected chi connectivity index (χ1v) is 16.8. The lowest BCUT2D eigenvalue weighted by molar-refractivity contribution is -0.134. The van der Waals surface area contributed by atoms with Crippen molar-refractivity contribution in [3.63, 3.8) is 0 Å². The first kappa shape index (κ1) is 33.5. The summed E-state index contributed by atoms with van der Waals surface area (Å²) in [6, 6.07) is 11.1. The molecule has 1 fully saturated rings. The van der Waals surface area contributed by atoms with Crippen LogP contribution >= 0.6 is 11.6 Å². The van der Waals surface area contributed by atoms with Crippen molar-refractivity contribution < 1.29 is 43.5 Å². The molecule has 12 nitrogen and oxygen atoms in total. The van der Waals surface area contributed by atoms with Crippen molar-refractivity contribution in [2.45, 2.75) is 50.2 Å². The van der Waals surface area contributed by atoms with Crippen molar-refractivity contribution in [1.29, 1.82) is 0 Å². The summed E-state index contributed by atoms with van der Waals surface area (Å²) in [5, 5.41) is 22.7. The number of benzene rings is 2. The number of piperidine rings is 1. The molecule has 13 heteroatoms. The van der Waals surface area contributed by atoms with Gasteiger partial charge in [0.25, 0.3) is 5.56 Å². The molecule has 1 saturated heterocycles. The number of hydrogen-bond donors (Lipinski definition) is 2. The third kappa shape index (κ3) is 5.02. The summed E-state index contributed by atoms with van der Waals surface area (Å²) >= 11 is 6.62. The van der Waals surface area contributed by atoms with Crippen LogP contribution in [0, 0.1) is 11.8 Å². The number of Topliss-reactive ketones (excluding diaryl/α,β-unsaturated/α-hetero) is 2. The molecule has 0 radical (unpaired) electrons. The Kier molecular flexibility index (Phi) is 8.32. The number of aliphatic hydroxyl groups is 1. The minimum atomic E-state index is -2.05. The molecule has 3 aliphatic heterocycles. The number of amides is 1. The van der Waals surface area contributed by atoms with Gasteiger partial charge in [-0.05, 0) is 36.1 Å². The zero-order chi connectivity index (χ0) is 35.6. The van der Waals surface area contributed by atoms with Gasteiger partial charge in [-0.25, -0.2) is 0 Å². The summed E-state index contributed by atoms with van der Waals surface area (Å²) in [6.07, 6.45) is 0.409. The monoisotopic (exact) mass is 704 g/mol. The van der Waals surface area contributed by atoms with Crippen molar-refractivity contribution in [1.82, 2.24) is 9.47 Å². The number of aromatic nitrogens is 1. The van der Waals surface area contributed by atoms with E-state index in [0.29, 0.717) is 25.2 Å². The van der Waals surface area contributed by atoms with Crippen LogP contribution in [0.3, 0.4) is 0 Å². The number of rotatable bonds is 7. The van der Waals surface area contributed by atoms with Crippen LogP contribution in [0.25, 0.3) is 0 Å². The largest absolute Gasteiger partial charge is 0.507 e. The van der Waals surface area contributed by atoms with Gasteiger partial charge in [-0.2, -0.15) is 0 Å². The van der Waals surface area contributed by atoms with Crippen molar-refractivity contribution in [2.24, 2.45) is 11.8 Å². The summed E-state index contributed by atoms with van der Waals surface area (Å²) in [5.41, 5.74) is -0.974. The van der Waals surface area contributed by atoms with Gasteiger partial charge in [0.2, 0.25) is 17.3 Å². The molecular formula is C37H37ClN2O10. The molecule has 50 heavy (non-hydrogen) atoms. The van der Waals surface area contributed by atoms with Gasteiger partial charge >= 0.3 is 0 Å². The van der Waals surface area contributed by atoms with Gasteiger partial charge in [0.1, 0.15) is 22.1 Å². The molecule has 3 aromatic rings. The Morgan fingerprint density at radius 3 is 2.46 bits per heavy atom. The molecule has 262 valence electrons. The molecule has 1 aliphatic carbocycles. The Morgan fingerprint density at radius 2 is 1.74 bits per heavy atom. The number of carbonyl (C=O) groups excluding carboxylic acids is 3. The number of phenolic OH excluding ortho intramolecular Hbond substituents is 1. The number of hydrogen-bond acceptors (Lipinski definition) is 10. The highest BCUT2D eigenvalue weighted by atomic mass is 35.5. The average Bonchev–Trinajstić information content (AvgIpc) is 3.42. The second-order valence-corrected chi connectivity index (χ2v) is 13.8. The van der Waals surface area contributed by atoms with Crippen LogP contribution in [-0.2, 0) is 16.1 Å². The maximum absolute atomic E-state index is 14.4. The van der Waals surface area contributed by atoms with E-state index in [4.69, 9.17) is 30.5 Å². The Balaban J connectivity index is 1.32. The number of ketones is 2. The van der Waals surface area contributed by atoms with Crippen molar-refractivity contribution in [3.8, 4) is 28.7 Å². The zero-order valence-corrected chi connectivity index (χ0v) is 28.8. The lowest BCUT2D eigenvalue weighted by atomic mass is 9.69. The lowest BCUT2D eigenvalue weighted by Gasteiger charge is -2.43. The second-order valence-electron chi connectivity index (χ2n) is 13.4. The number of halogens is 1. The number of pyridine rings is 1. The first-order valence-electron chi connectivity index (χ1n) is 16.4. The molecular weight excluding hydrogens is 668 g/mol. The van der Waals surface area contributed by atoms with Gasteiger partial charge in [-0.1, -0.05) is 30.7 Å². The molecule has 4 heterocycles. The van der Waals surface area contributed by atoms with E-state index in [1.54, 1.807) is 28.5 Å². The second kappa shape index (κ2) is 12.4. The molecule has 7 rings (SSSR count). The number of phenols is 1. The molecule has 1 unspecified atom stereocenters. The Bertz CT molecular complexity index is 2040. The number of carbonyl (C=O) groups is 3. The number of ether oxygens (including phenoxy) is 4. The van der Waals surface area contributed by atoms with Crippen LogP contribution in [0.5, 0.6) is 28.7 Å². The van der Waals surface area contributed by atoms with Gasteiger partial charge < -0.3 is 38.6 Å². The number of aliphatic hydroxyl groups excluding tert-OH is 1. The maximum Gasteiger partial charge on any atom is 0.250 e. The van der Waals surface area contributed by atoms with E-state index in [1.165, 1.54) is 45.6 Å². The summed E-state index contributed by atoms with van der Waals surface area (Å²) in [4.78, 5) is 57.1. The fourth-order valence-electron chi connectivity index (χ4n) is 8.24. The van der Waals surface area contributed by atoms with E-state index in [2.05, 4.69) is 0 Å². The van der Waals surface area contributed by atoms with Crippen molar-refractivity contribution in [2.75, 3.05) is 34.4 Å². The minimum Gasteiger partial charge on any atom is -0.507 e. The number of likely N-dealkylation sites (tertiary alicyclic amines) is 1. The fourth-order valence-corrected chi connectivity index (χ4v) is 8.50. The van der Waals surface area contributed by atoms with Crippen LogP contribution in [0.15, 0.2) is 58.6 Å². The predicted octanol–water partition coefficient (Wildman–Crippen LogP) is 4.79. The highest BCUT2D eigenvalue weighted by molar-refractivity contribution is 6.35. The van der Waals surface area contributed by atoms with E-state index >= 15 is 0 Å². The third-order valence-corrected chi connectivity index (χ3v) is 11.0. The molecule has 1 aromatic heterocycles. The van der Waals surface area contributed by atoms with Gasteiger partial charge in [0.05, 0.1) is 21.3 Å². The van der Waals surface area contributed by atoms with Gasteiger partial charge in [-0.15, -0.1) is 0 Å². The fraction of sp³-hybridized carbons (Fsp3) is 0.405. The maximum atomic E-state index is 14.4. The molecule has 2 bridgehead atoms. The van der Waals surface area contributed by atoms with Gasteiger partial charge in [-0.3, -0.25) is 19.2 Å². The lowest BCUT2D eigenvalue weighted by Crippen LogP contribution is -2.53. The molecule has 1 spiro atoms. The van der Waals surface area contributed by atoms with Gasteiger partial charge in [0, 0.05) is 73.6 Å². The summed E-state index contributed by atoms with van der Waals surface area (Å²) in [6.45, 7) is 2.92. The predicted molar refractivity (Wildman–Crippen MR) is 181 cm³/mol. The average molecular weight is 705 g/mol. The van der Waals surface area contributed by atoms with E-state index in [1.807, 2.05) is 6.07 Å². The van der Waals surface area contributed by atoms with E-state index in [0.717, 1.165) is 12.1 Å². The smallest absolute Gasteiger partial charge is 0.250 e. The van der Waals surface area contributed by atoms with E-state index < -0.39 is 34.8 Å². The highest BCUT2D eigenvalue weighted by Gasteiger charge is 2.61. The van der Waals surface area contributed by atoms with Crippen LogP contribution < -0.4 is 24.5 Å². The summed E-state index contributed by atoms with van der Waals surface area (Å²) in [5.74, 6) is -3.66. The Labute approximate surface area is 292 Å². The number of methoxy groups -OCH3 is 3. The van der Waals surface area contributed by atoms with E-state index in [-0.39, 0.29) is 81.1 Å². The first-order chi connectivity index (χ1) is 23.9. The standard InChI is InChI=1S/C37H37ClN2O10/c1-18-10-25(42)31(35(45)37(18)36(46)32-27(48-3)14-28(49-4)33(38)34(32)50-37)22(20-8-9-24(41)26(12-20)47-2)13-30(44)39-15-19-11-21(17-39)23-6-5-7-29(43)40(23)16-19/h5-9,12,14,18-19,21-22,41,45H,10-11,13,15-17H2,1-4H3/t18-,19-,21+,22?,37+/m1/s1.